The molecule has 0 saturated heterocycles. The van der Waals surface area contributed by atoms with Crippen molar-refractivity contribution in [1.29, 1.82) is 0 Å². The predicted molar refractivity (Wildman–Crippen MR) is 95.1 cm³/mol. The fraction of sp³-hybridized carbons (Fsp3) is 0.250. The third-order valence-electron chi connectivity index (χ3n) is 3.48. The van der Waals surface area contributed by atoms with Gasteiger partial charge in [0.15, 0.2) is 5.78 Å². The summed E-state index contributed by atoms with van der Waals surface area (Å²) in [5.74, 6) is 4.35. The predicted octanol–water partition coefficient (Wildman–Crippen LogP) is 2.97. The summed E-state index contributed by atoms with van der Waals surface area (Å²) in [7, 11) is 0. The van der Waals surface area contributed by atoms with Gasteiger partial charge in [-0.25, -0.2) is 9.59 Å². The normalized spacial score (nSPS) is 9.81. The number of carbonyl (C=O) groups is 3. The van der Waals surface area contributed by atoms with Crippen LogP contribution >= 0.6 is 0 Å². The van der Waals surface area contributed by atoms with Crippen LogP contribution in [0.1, 0.15) is 63.1 Å². The maximum Gasteiger partial charge on any atom is 0.356 e. The van der Waals surface area contributed by atoms with Gasteiger partial charge >= 0.3 is 11.9 Å². The van der Waals surface area contributed by atoms with Crippen molar-refractivity contribution < 1.29 is 23.9 Å². The lowest BCUT2D eigenvalue weighted by molar-refractivity contribution is 0.0518. The Balaban J connectivity index is 2.54. The van der Waals surface area contributed by atoms with E-state index in [9.17, 15) is 14.4 Å². The van der Waals surface area contributed by atoms with E-state index < -0.39 is 11.9 Å². The molecule has 0 radical (unpaired) electrons. The third kappa shape index (κ3) is 4.19. The molecule has 0 unspecified atom stereocenters. The lowest BCUT2D eigenvalue weighted by Gasteiger charge is -2.03. The van der Waals surface area contributed by atoms with Crippen LogP contribution in [0.25, 0.3) is 0 Å². The average molecular weight is 353 g/mol. The Kier molecular flexibility index (Phi) is 6.34. The monoisotopic (exact) mass is 353 g/mol. The van der Waals surface area contributed by atoms with Gasteiger partial charge in [-0.1, -0.05) is 30.0 Å². The van der Waals surface area contributed by atoms with Gasteiger partial charge < -0.3 is 14.5 Å². The Morgan fingerprint density at radius 2 is 1.62 bits per heavy atom. The molecule has 134 valence electrons. The van der Waals surface area contributed by atoms with E-state index in [-0.39, 0.29) is 35.8 Å². The smallest absolute Gasteiger partial charge is 0.356 e. The van der Waals surface area contributed by atoms with E-state index in [4.69, 9.17) is 9.47 Å². The van der Waals surface area contributed by atoms with E-state index in [1.165, 1.54) is 13.1 Å². The van der Waals surface area contributed by atoms with Gasteiger partial charge in [0.1, 0.15) is 5.69 Å². The number of hydrogen-bond donors (Lipinski definition) is 1. The van der Waals surface area contributed by atoms with Gasteiger partial charge in [0.25, 0.3) is 0 Å². The molecule has 1 aromatic heterocycles. The van der Waals surface area contributed by atoms with Crippen molar-refractivity contribution in [1.82, 2.24) is 4.98 Å². The highest BCUT2D eigenvalue weighted by Gasteiger charge is 2.22. The van der Waals surface area contributed by atoms with Crippen LogP contribution in [0.5, 0.6) is 0 Å². The number of hydrogen-bond acceptors (Lipinski definition) is 5. The van der Waals surface area contributed by atoms with Crippen molar-refractivity contribution in [2.24, 2.45) is 0 Å². The van der Waals surface area contributed by atoms with Gasteiger partial charge in [-0.2, -0.15) is 0 Å². The zero-order valence-electron chi connectivity index (χ0n) is 14.8. The van der Waals surface area contributed by atoms with E-state index >= 15 is 0 Å². The molecular formula is C20H19NO5. The Bertz CT molecular complexity index is 863. The summed E-state index contributed by atoms with van der Waals surface area (Å²) < 4.78 is 9.99. The van der Waals surface area contributed by atoms with Gasteiger partial charge in [-0.15, -0.1) is 0 Å². The molecule has 0 spiro atoms. The first-order chi connectivity index (χ1) is 12.5. The molecule has 0 aliphatic rings. The highest BCUT2D eigenvalue weighted by atomic mass is 16.5. The number of benzene rings is 1. The minimum atomic E-state index is -0.618. The van der Waals surface area contributed by atoms with E-state index in [0.717, 1.165) is 0 Å². The molecule has 1 aromatic carbocycles. The molecule has 1 heterocycles. The number of ketones is 1. The van der Waals surface area contributed by atoms with Crippen molar-refractivity contribution in [3.05, 3.63) is 58.4 Å². The van der Waals surface area contributed by atoms with Crippen LogP contribution in [0.3, 0.4) is 0 Å². The number of esters is 2. The first-order valence-electron chi connectivity index (χ1n) is 8.17. The quantitative estimate of drug-likeness (QED) is 0.507. The lowest BCUT2D eigenvalue weighted by Crippen LogP contribution is -2.09. The molecular weight excluding hydrogens is 334 g/mol. The average Bonchev–Trinajstić information content (AvgIpc) is 3.04. The molecule has 0 atom stereocenters. The molecule has 0 saturated carbocycles. The Morgan fingerprint density at radius 1 is 0.962 bits per heavy atom. The number of ether oxygens (including phenoxy) is 2. The van der Waals surface area contributed by atoms with Crippen LogP contribution < -0.4 is 0 Å². The fourth-order valence-corrected chi connectivity index (χ4v) is 2.32. The molecule has 0 bridgehead atoms. The highest BCUT2D eigenvalue weighted by Crippen LogP contribution is 2.17. The second kappa shape index (κ2) is 8.67. The van der Waals surface area contributed by atoms with E-state index in [0.29, 0.717) is 11.1 Å². The van der Waals surface area contributed by atoms with Crippen molar-refractivity contribution in [2.45, 2.75) is 20.8 Å². The molecule has 0 aliphatic heterocycles. The summed E-state index contributed by atoms with van der Waals surface area (Å²) >= 11 is 0. The van der Waals surface area contributed by atoms with Crippen LogP contribution in [-0.4, -0.2) is 35.9 Å². The molecule has 6 heteroatoms. The van der Waals surface area contributed by atoms with Crippen molar-refractivity contribution in [2.75, 3.05) is 13.2 Å². The molecule has 1 N–H and O–H groups in total. The van der Waals surface area contributed by atoms with Crippen LogP contribution in [-0.2, 0) is 9.47 Å². The van der Waals surface area contributed by atoms with Crippen LogP contribution in [0, 0.1) is 11.8 Å². The topological polar surface area (TPSA) is 85.5 Å². The SMILES string of the molecule is CCOC(=O)c1c[nH]c(C(=O)OCC)c1C#Cc1ccccc1C(C)=O. The van der Waals surface area contributed by atoms with E-state index in [2.05, 4.69) is 16.8 Å². The Hall–Kier alpha value is -3.33. The van der Waals surface area contributed by atoms with Crippen molar-refractivity contribution in [3.8, 4) is 11.8 Å². The van der Waals surface area contributed by atoms with Gasteiger partial charge in [0.05, 0.1) is 24.3 Å². The van der Waals surface area contributed by atoms with Gasteiger partial charge in [-0.05, 0) is 26.8 Å². The maximum absolute atomic E-state index is 12.1. The summed E-state index contributed by atoms with van der Waals surface area (Å²) in [6, 6.07) is 6.87. The zero-order chi connectivity index (χ0) is 19.1. The Morgan fingerprint density at radius 3 is 2.27 bits per heavy atom. The summed E-state index contributed by atoms with van der Waals surface area (Å²) in [6.45, 7) is 5.20. The molecule has 6 nitrogen and oxygen atoms in total. The number of aromatic nitrogens is 1. The second-order valence-corrected chi connectivity index (χ2v) is 5.25. The molecule has 2 rings (SSSR count). The highest BCUT2D eigenvalue weighted by molar-refractivity contribution is 6.00. The van der Waals surface area contributed by atoms with Crippen LogP contribution in [0.4, 0.5) is 0 Å². The fourth-order valence-electron chi connectivity index (χ4n) is 2.32. The first kappa shape index (κ1) is 19.0. The molecule has 2 aromatic rings. The van der Waals surface area contributed by atoms with Crippen molar-refractivity contribution >= 4 is 17.7 Å². The maximum atomic E-state index is 12.1. The summed E-state index contributed by atoms with van der Waals surface area (Å²) in [6.07, 6.45) is 1.37. The minimum absolute atomic E-state index is 0.0720. The molecule has 0 amide bonds. The molecule has 26 heavy (non-hydrogen) atoms. The van der Waals surface area contributed by atoms with Gasteiger partial charge in [-0.3, -0.25) is 4.79 Å². The first-order valence-corrected chi connectivity index (χ1v) is 8.17. The summed E-state index contributed by atoms with van der Waals surface area (Å²) in [5.41, 5.74) is 1.36. The number of carbonyl (C=O) groups excluding carboxylic acids is 3. The number of aromatic amines is 1. The summed E-state index contributed by atoms with van der Waals surface area (Å²) in [4.78, 5) is 38.7. The summed E-state index contributed by atoms with van der Waals surface area (Å²) in [5, 5.41) is 0. The number of Topliss-reactive ketones (excluding diaryl/α,β-unsaturated/α-hetero) is 1. The lowest BCUT2D eigenvalue weighted by atomic mass is 10.0. The number of nitrogens with one attached hydrogen (secondary N) is 1. The standard InChI is InChI=1S/C20H19NO5/c1-4-25-19(23)17-12-21-18(20(24)26-5-2)16(17)11-10-14-8-6-7-9-15(14)13(3)22/h6-9,12,21H,4-5H2,1-3H3. The largest absolute Gasteiger partial charge is 0.462 e. The van der Waals surface area contributed by atoms with E-state index in [1.807, 2.05) is 0 Å². The molecule has 0 fully saturated rings. The van der Waals surface area contributed by atoms with Gasteiger partial charge in [0.2, 0.25) is 0 Å². The van der Waals surface area contributed by atoms with Crippen LogP contribution in [0.15, 0.2) is 30.5 Å². The van der Waals surface area contributed by atoms with Gasteiger partial charge in [0, 0.05) is 17.3 Å². The zero-order valence-corrected chi connectivity index (χ0v) is 14.8. The number of H-pyrrole nitrogens is 1. The van der Waals surface area contributed by atoms with Crippen LogP contribution in [0.2, 0.25) is 0 Å². The molecule has 0 aliphatic carbocycles. The van der Waals surface area contributed by atoms with E-state index in [1.54, 1.807) is 38.1 Å². The number of rotatable bonds is 5. The Labute approximate surface area is 151 Å². The van der Waals surface area contributed by atoms with Crippen molar-refractivity contribution in [3.63, 3.8) is 0 Å². The second-order valence-electron chi connectivity index (χ2n) is 5.25. The minimum Gasteiger partial charge on any atom is -0.462 e. The third-order valence-corrected chi connectivity index (χ3v) is 3.48.